The van der Waals surface area contributed by atoms with Crippen molar-refractivity contribution in [2.45, 2.75) is 51.7 Å². The lowest BCUT2D eigenvalue weighted by Gasteiger charge is -2.43. The van der Waals surface area contributed by atoms with Gasteiger partial charge in [-0.05, 0) is 6.42 Å². The number of hydrogen-bond acceptors (Lipinski definition) is 5. The maximum atomic E-state index is 12.4. The number of carbonyl (C=O) groups is 3. The normalized spacial score (nSPS) is 16.4. The highest BCUT2D eigenvalue weighted by molar-refractivity contribution is 5.99. The number of carboxylic acids is 1. The summed E-state index contributed by atoms with van der Waals surface area (Å²) in [6.07, 6.45) is -0.132. The summed E-state index contributed by atoms with van der Waals surface area (Å²) in [4.78, 5) is 35.8. The molecule has 0 bridgehead atoms. The van der Waals surface area contributed by atoms with Gasteiger partial charge >= 0.3 is 0 Å². The average molecular weight is 301 g/mol. The van der Waals surface area contributed by atoms with Crippen molar-refractivity contribution in [2.75, 3.05) is 21.1 Å². The lowest BCUT2D eigenvalue weighted by molar-refractivity contribution is -0.892. The Bertz CT molecular complexity index is 411. The lowest BCUT2D eigenvalue weighted by Crippen LogP contribution is -2.67. The van der Waals surface area contributed by atoms with E-state index in [2.05, 4.69) is 0 Å². The van der Waals surface area contributed by atoms with Gasteiger partial charge in [-0.1, -0.05) is 20.8 Å². The molecule has 0 rings (SSSR count). The predicted molar refractivity (Wildman–Crippen MR) is 76.2 cm³/mol. The van der Waals surface area contributed by atoms with Gasteiger partial charge in [0.1, 0.15) is 0 Å². The number of Topliss-reactive ketones (excluding diaryl/α,β-unsaturated/α-hetero) is 2. The number of likely N-dealkylation sites (N-methyl/N-ethyl adjacent to an activating group) is 1. The smallest absolute Gasteiger partial charge is 0.193 e. The molecule has 2 atom stereocenters. The molecule has 0 aromatic rings. The molecule has 0 spiro atoms. The summed E-state index contributed by atoms with van der Waals surface area (Å²) in [5.41, 5.74) is -2.25. The van der Waals surface area contributed by atoms with Crippen LogP contribution < -0.4 is 5.11 Å². The van der Waals surface area contributed by atoms with Gasteiger partial charge in [-0.25, -0.2) is 0 Å². The van der Waals surface area contributed by atoms with Crippen molar-refractivity contribution in [3.8, 4) is 0 Å². The fourth-order valence-corrected chi connectivity index (χ4v) is 2.76. The Morgan fingerprint density at radius 2 is 1.67 bits per heavy atom. The molecule has 0 aromatic carbocycles. The van der Waals surface area contributed by atoms with Crippen molar-refractivity contribution in [1.29, 1.82) is 0 Å². The zero-order valence-corrected chi connectivity index (χ0v) is 13.8. The summed E-state index contributed by atoms with van der Waals surface area (Å²) in [5.74, 6) is -3.09. The Morgan fingerprint density at radius 1 is 1.19 bits per heavy atom. The zero-order valence-electron chi connectivity index (χ0n) is 13.8. The van der Waals surface area contributed by atoms with Gasteiger partial charge in [0, 0.05) is 24.7 Å². The third-order valence-corrected chi connectivity index (χ3v) is 3.39. The van der Waals surface area contributed by atoms with Gasteiger partial charge in [0.05, 0.1) is 21.1 Å². The second-order valence-corrected chi connectivity index (χ2v) is 6.73. The number of aliphatic carboxylic acids is 1. The van der Waals surface area contributed by atoms with E-state index in [1.807, 2.05) is 6.92 Å². The van der Waals surface area contributed by atoms with E-state index in [1.54, 1.807) is 35.0 Å². The van der Waals surface area contributed by atoms with E-state index in [1.165, 1.54) is 0 Å². The van der Waals surface area contributed by atoms with Gasteiger partial charge in [0.25, 0.3) is 0 Å². The zero-order chi connectivity index (χ0) is 17.0. The third-order valence-electron chi connectivity index (χ3n) is 3.39. The average Bonchev–Trinajstić information content (AvgIpc) is 2.24. The van der Waals surface area contributed by atoms with Crippen molar-refractivity contribution >= 4 is 17.5 Å². The van der Waals surface area contributed by atoms with Crippen LogP contribution in [0.3, 0.4) is 0 Å². The maximum absolute atomic E-state index is 12.4. The molecule has 0 fully saturated rings. The number of quaternary nitrogens is 1. The number of carbonyl (C=O) groups excluding carboxylic acids is 3. The van der Waals surface area contributed by atoms with Gasteiger partial charge in [-0.2, -0.15) is 0 Å². The minimum absolute atomic E-state index is 0.0267. The van der Waals surface area contributed by atoms with Crippen molar-refractivity contribution in [1.82, 2.24) is 0 Å². The van der Waals surface area contributed by atoms with Crippen LogP contribution in [0.15, 0.2) is 0 Å². The first-order valence-electron chi connectivity index (χ1n) is 7.18. The molecule has 0 aliphatic rings. The Balaban J connectivity index is 5.97. The van der Waals surface area contributed by atoms with Gasteiger partial charge < -0.3 is 19.5 Å². The molecule has 6 heteroatoms. The second-order valence-electron chi connectivity index (χ2n) is 6.73. The van der Waals surface area contributed by atoms with Gasteiger partial charge in [-0.3, -0.25) is 9.59 Å². The number of carboxylic acid groups (broad SMARTS) is 1. The SMILES string of the molecule is CCCC(=O)C(C(O)(CC(=O)[O-])C(=O)C(C)C)[N+](C)(C)C. The third kappa shape index (κ3) is 4.89. The molecule has 0 amide bonds. The molecule has 0 aliphatic heterocycles. The number of rotatable bonds is 9. The van der Waals surface area contributed by atoms with Crippen LogP contribution in [0.4, 0.5) is 0 Å². The van der Waals surface area contributed by atoms with Crippen molar-refractivity contribution in [3.63, 3.8) is 0 Å². The van der Waals surface area contributed by atoms with Crippen LogP contribution >= 0.6 is 0 Å². The Kier molecular flexibility index (Phi) is 6.70. The first-order chi connectivity index (χ1) is 9.37. The minimum atomic E-state index is -2.25. The molecule has 0 saturated carbocycles. The molecule has 0 radical (unpaired) electrons. The highest BCUT2D eigenvalue weighted by Gasteiger charge is 2.54. The topological polar surface area (TPSA) is 94.5 Å². The number of aliphatic hydroxyl groups is 1. The van der Waals surface area contributed by atoms with E-state index in [-0.39, 0.29) is 16.7 Å². The Morgan fingerprint density at radius 3 is 1.95 bits per heavy atom. The molecule has 21 heavy (non-hydrogen) atoms. The molecule has 6 nitrogen and oxygen atoms in total. The monoisotopic (exact) mass is 301 g/mol. The largest absolute Gasteiger partial charge is 0.550 e. The number of nitrogens with zero attached hydrogens (tertiary/aromatic N) is 1. The predicted octanol–water partition coefficient (Wildman–Crippen LogP) is -0.473. The van der Waals surface area contributed by atoms with E-state index in [9.17, 15) is 24.6 Å². The Labute approximate surface area is 126 Å². The van der Waals surface area contributed by atoms with Crippen LogP contribution in [0.5, 0.6) is 0 Å². The molecule has 0 saturated heterocycles. The van der Waals surface area contributed by atoms with Crippen LogP contribution in [-0.4, -0.2) is 59.9 Å². The minimum Gasteiger partial charge on any atom is -0.550 e. The fraction of sp³-hybridized carbons (Fsp3) is 0.800. The lowest BCUT2D eigenvalue weighted by atomic mass is 9.77. The molecular formula is C15H27NO5. The quantitative estimate of drug-likeness (QED) is 0.581. The maximum Gasteiger partial charge on any atom is 0.193 e. The molecule has 122 valence electrons. The summed E-state index contributed by atoms with van der Waals surface area (Å²) in [6.45, 7) is 4.95. The van der Waals surface area contributed by atoms with E-state index in [0.29, 0.717) is 6.42 Å². The first kappa shape index (κ1) is 19.7. The summed E-state index contributed by atoms with van der Waals surface area (Å²) >= 11 is 0. The first-order valence-corrected chi connectivity index (χ1v) is 7.18. The highest BCUT2D eigenvalue weighted by Crippen LogP contribution is 2.28. The molecular weight excluding hydrogens is 274 g/mol. The van der Waals surface area contributed by atoms with E-state index in [0.717, 1.165) is 0 Å². The van der Waals surface area contributed by atoms with Crippen molar-refractivity contribution in [3.05, 3.63) is 0 Å². The summed E-state index contributed by atoms with van der Waals surface area (Å²) in [7, 11) is 4.98. The molecule has 2 unspecified atom stereocenters. The van der Waals surface area contributed by atoms with Gasteiger partial charge in [0.2, 0.25) is 0 Å². The van der Waals surface area contributed by atoms with Gasteiger partial charge in [-0.15, -0.1) is 0 Å². The highest BCUT2D eigenvalue weighted by atomic mass is 16.4. The standard InChI is InChI=1S/C15H27NO5/c1-7-8-11(17)13(16(4,5)6)15(21,9-12(18)19)14(20)10(2)3/h10,13,21H,7-9H2,1-6H3. The summed E-state index contributed by atoms with van der Waals surface area (Å²) in [6, 6.07) is -1.13. The van der Waals surface area contributed by atoms with E-state index in [4.69, 9.17) is 0 Å². The molecule has 0 aromatic heterocycles. The molecule has 0 aliphatic carbocycles. The molecule has 0 heterocycles. The van der Waals surface area contributed by atoms with Crippen LogP contribution in [0.1, 0.15) is 40.0 Å². The van der Waals surface area contributed by atoms with Crippen molar-refractivity contribution in [2.24, 2.45) is 5.92 Å². The van der Waals surface area contributed by atoms with Crippen LogP contribution in [0, 0.1) is 5.92 Å². The fourth-order valence-electron chi connectivity index (χ4n) is 2.76. The number of ketones is 2. The van der Waals surface area contributed by atoms with E-state index < -0.39 is 35.7 Å². The Hall–Kier alpha value is -1.27. The van der Waals surface area contributed by atoms with Crippen LogP contribution in [0.2, 0.25) is 0 Å². The summed E-state index contributed by atoms with van der Waals surface area (Å²) < 4.78 is -0.0267. The molecule has 1 N–H and O–H groups in total. The van der Waals surface area contributed by atoms with Gasteiger partial charge in [0.15, 0.2) is 23.2 Å². The van der Waals surface area contributed by atoms with Crippen LogP contribution in [-0.2, 0) is 14.4 Å². The van der Waals surface area contributed by atoms with E-state index >= 15 is 0 Å². The number of hydrogen-bond donors (Lipinski definition) is 1. The van der Waals surface area contributed by atoms with Crippen LogP contribution in [0.25, 0.3) is 0 Å². The van der Waals surface area contributed by atoms with Crippen molar-refractivity contribution < 1.29 is 29.1 Å². The second kappa shape index (κ2) is 7.13. The summed E-state index contributed by atoms with van der Waals surface area (Å²) in [5, 5.41) is 21.8.